The van der Waals surface area contributed by atoms with Gasteiger partial charge in [0.15, 0.2) is 11.6 Å². The molecule has 0 aliphatic heterocycles. The summed E-state index contributed by atoms with van der Waals surface area (Å²) in [5.74, 6) is 0.140. The monoisotopic (exact) mass is 518 g/mol. The van der Waals surface area contributed by atoms with E-state index < -0.39 is 35.6 Å². The molecule has 0 amide bonds. The summed E-state index contributed by atoms with van der Waals surface area (Å²) in [5, 5.41) is 55.7. The molecule has 0 spiro atoms. The van der Waals surface area contributed by atoms with Crippen LogP contribution in [0.2, 0.25) is 0 Å². The molecular formula is C24H38O8Zn. The number of carbonyl (C=O) groups is 2. The SMILES string of the molecule is C[C@]12CCC(=O)C=C1CC[C@@H]1[C@@H]2[C@@H](O)C[C@@]2(C)[C@H]1CC[C@]2(O)C(=O)CO.OCC(O)CO.[Zn]. The van der Waals surface area contributed by atoms with Crippen LogP contribution >= 0.6 is 0 Å². The minimum absolute atomic E-state index is 0. The molecule has 7 atom stereocenters. The second-order valence-corrected chi connectivity index (χ2v) is 10.6. The fourth-order valence-corrected chi connectivity index (χ4v) is 7.34. The fourth-order valence-electron chi connectivity index (χ4n) is 7.34. The van der Waals surface area contributed by atoms with Gasteiger partial charge in [0.2, 0.25) is 0 Å². The van der Waals surface area contributed by atoms with Crippen LogP contribution in [-0.2, 0) is 29.1 Å². The van der Waals surface area contributed by atoms with Gasteiger partial charge < -0.3 is 30.6 Å². The Hall–Kier alpha value is -0.537. The zero-order valence-electron chi connectivity index (χ0n) is 19.7. The zero-order chi connectivity index (χ0) is 23.9. The number of allylic oxidation sites excluding steroid dienone is 1. The third-order valence-corrected chi connectivity index (χ3v) is 9.07. The number of rotatable bonds is 4. The van der Waals surface area contributed by atoms with Crippen molar-refractivity contribution < 1.29 is 59.7 Å². The molecule has 4 rings (SSSR count). The van der Waals surface area contributed by atoms with Crippen molar-refractivity contribution >= 4 is 11.6 Å². The number of hydrogen-bond acceptors (Lipinski definition) is 8. The van der Waals surface area contributed by atoms with Crippen LogP contribution in [0.25, 0.3) is 0 Å². The van der Waals surface area contributed by atoms with Crippen molar-refractivity contribution in [1.29, 1.82) is 0 Å². The molecule has 33 heavy (non-hydrogen) atoms. The van der Waals surface area contributed by atoms with Crippen LogP contribution in [0.5, 0.6) is 0 Å². The number of Topliss-reactive ketones (excluding diaryl/α,β-unsaturated/α-hetero) is 1. The number of aliphatic hydroxyl groups is 6. The largest absolute Gasteiger partial charge is 0.394 e. The number of aliphatic hydroxyl groups excluding tert-OH is 5. The quantitative estimate of drug-likeness (QED) is 0.286. The van der Waals surface area contributed by atoms with E-state index in [4.69, 9.17) is 15.3 Å². The Kier molecular flexibility index (Phi) is 9.23. The van der Waals surface area contributed by atoms with Crippen molar-refractivity contribution in [3.05, 3.63) is 11.6 Å². The molecule has 4 aliphatic carbocycles. The van der Waals surface area contributed by atoms with Gasteiger partial charge in [-0.2, -0.15) is 0 Å². The summed E-state index contributed by atoms with van der Waals surface area (Å²) in [6, 6.07) is 0. The van der Waals surface area contributed by atoms with Crippen LogP contribution in [0.15, 0.2) is 11.6 Å². The van der Waals surface area contributed by atoms with Crippen molar-refractivity contribution in [2.45, 2.75) is 76.6 Å². The van der Waals surface area contributed by atoms with E-state index in [9.17, 15) is 24.9 Å². The average molecular weight is 520 g/mol. The zero-order valence-corrected chi connectivity index (χ0v) is 22.7. The van der Waals surface area contributed by atoms with Crippen molar-refractivity contribution in [3.8, 4) is 0 Å². The molecule has 0 radical (unpaired) electrons. The Morgan fingerprint density at radius 2 is 1.76 bits per heavy atom. The second kappa shape index (κ2) is 10.6. The predicted molar refractivity (Wildman–Crippen MR) is 115 cm³/mol. The molecule has 4 aliphatic rings. The van der Waals surface area contributed by atoms with Crippen LogP contribution in [0.4, 0.5) is 0 Å². The first-order valence-corrected chi connectivity index (χ1v) is 11.7. The third kappa shape index (κ3) is 4.67. The number of carbonyl (C=O) groups excluding carboxylic acids is 2. The molecule has 9 heteroatoms. The maximum absolute atomic E-state index is 12.4. The molecule has 3 saturated carbocycles. The maximum atomic E-state index is 12.4. The summed E-state index contributed by atoms with van der Waals surface area (Å²) in [5.41, 5.74) is -1.23. The van der Waals surface area contributed by atoms with Crippen LogP contribution in [0.3, 0.4) is 0 Å². The molecule has 0 heterocycles. The van der Waals surface area contributed by atoms with Crippen LogP contribution < -0.4 is 0 Å². The summed E-state index contributed by atoms with van der Waals surface area (Å²) in [4.78, 5) is 24.3. The van der Waals surface area contributed by atoms with Crippen LogP contribution in [0, 0.1) is 28.6 Å². The summed E-state index contributed by atoms with van der Waals surface area (Å²) < 4.78 is 0. The smallest absolute Gasteiger partial charge is 0.190 e. The van der Waals surface area contributed by atoms with Crippen molar-refractivity contribution in [1.82, 2.24) is 0 Å². The second-order valence-electron chi connectivity index (χ2n) is 10.6. The summed E-state index contributed by atoms with van der Waals surface area (Å²) >= 11 is 0. The first kappa shape index (κ1) is 28.7. The number of fused-ring (bicyclic) bond motifs is 5. The van der Waals surface area contributed by atoms with E-state index in [0.717, 1.165) is 25.7 Å². The van der Waals surface area contributed by atoms with E-state index in [2.05, 4.69) is 6.92 Å². The molecule has 0 saturated heterocycles. The van der Waals surface area contributed by atoms with Crippen molar-refractivity contribution in [2.75, 3.05) is 19.8 Å². The Morgan fingerprint density at radius 1 is 1.12 bits per heavy atom. The van der Waals surface area contributed by atoms with E-state index >= 15 is 0 Å². The molecule has 6 N–H and O–H groups in total. The summed E-state index contributed by atoms with van der Waals surface area (Å²) in [6.45, 7) is 2.73. The molecule has 3 fully saturated rings. The molecule has 0 bridgehead atoms. The topological polar surface area (TPSA) is 156 Å². The standard InChI is InChI=1S/C21H30O5.C3H8O3.Zn/c1-19-7-5-13(23)9-12(19)3-4-14-15-6-8-21(26,17(25)11-22)20(15,2)10-16(24)18(14)19;4-1-3(6)2-5;/h9,14-16,18,22,24,26H,3-8,10-11H2,1-2H3;3-6H,1-2H2;/t14-,15-,16-,18+,19-,20-,21-;;/m0../s1. The van der Waals surface area contributed by atoms with E-state index in [1.54, 1.807) is 6.08 Å². The van der Waals surface area contributed by atoms with E-state index in [1.165, 1.54) is 5.57 Å². The molecular weight excluding hydrogens is 482 g/mol. The molecule has 8 nitrogen and oxygen atoms in total. The number of hydrogen-bond donors (Lipinski definition) is 6. The van der Waals surface area contributed by atoms with Gasteiger partial charge in [0, 0.05) is 31.3 Å². The maximum Gasteiger partial charge on any atom is 0.190 e. The summed E-state index contributed by atoms with van der Waals surface area (Å²) in [7, 11) is 0. The van der Waals surface area contributed by atoms with Gasteiger partial charge in [-0.05, 0) is 67.8 Å². The van der Waals surface area contributed by atoms with Gasteiger partial charge in [0.1, 0.15) is 18.3 Å². The fraction of sp³-hybridized carbons (Fsp3) is 0.833. The first-order valence-electron chi connectivity index (χ1n) is 11.7. The third-order valence-electron chi connectivity index (χ3n) is 9.07. The molecule has 0 aromatic carbocycles. The van der Waals surface area contributed by atoms with Gasteiger partial charge in [-0.3, -0.25) is 9.59 Å². The van der Waals surface area contributed by atoms with Crippen molar-refractivity contribution in [3.63, 3.8) is 0 Å². The Labute approximate surface area is 207 Å². The van der Waals surface area contributed by atoms with Gasteiger partial charge in [0.25, 0.3) is 0 Å². The predicted octanol–water partition coefficient (Wildman–Crippen LogP) is 0.111. The first-order chi connectivity index (χ1) is 15.0. The summed E-state index contributed by atoms with van der Waals surface area (Å²) in [6.07, 6.45) is 4.78. The molecule has 0 aromatic rings. The Balaban J connectivity index is 0.000000491. The van der Waals surface area contributed by atoms with E-state index in [-0.39, 0.29) is 61.6 Å². The number of ketones is 2. The average Bonchev–Trinajstić information content (AvgIpc) is 3.04. The van der Waals surface area contributed by atoms with Crippen LogP contribution in [-0.4, -0.2) is 79.8 Å². The van der Waals surface area contributed by atoms with Crippen molar-refractivity contribution in [2.24, 2.45) is 28.6 Å². The molecule has 0 unspecified atom stereocenters. The van der Waals surface area contributed by atoms with E-state index in [0.29, 0.717) is 19.3 Å². The van der Waals surface area contributed by atoms with Gasteiger partial charge in [-0.1, -0.05) is 19.4 Å². The molecule has 184 valence electrons. The Bertz CT molecular complexity index is 768. The Morgan fingerprint density at radius 3 is 2.30 bits per heavy atom. The van der Waals surface area contributed by atoms with Gasteiger partial charge in [0.05, 0.1) is 19.3 Å². The molecule has 0 aromatic heterocycles. The normalized spacial score (nSPS) is 41.6. The van der Waals surface area contributed by atoms with E-state index in [1.807, 2.05) is 6.92 Å². The van der Waals surface area contributed by atoms with Crippen LogP contribution in [0.1, 0.15) is 58.8 Å². The minimum Gasteiger partial charge on any atom is -0.394 e. The van der Waals surface area contributed by atoms with Gasteiger partial charge in [-0.15, -0.1) is 0 Å². The minimum atomic E-state index is -1.54. The van der Waals surface area contributed by atoms with Gasteiger partial charge in [-0.25, -0.2) is 0 Å². The van der Waals surface area contributed by atoms with Gasteiger partial charge >= 0.3 is 0 Å².